The van der Waals surface area contributed by atoms with E-state index in [1.54, 1.807) is 17.5 Å². The Morgan fingerprint density at radius 1 is 1.08 bits per heavy atom. The van der Waals surface area contributed by atoms with Gasteiger partial charge in [0, 0.05) is 18.0 Å². The van der Waals surface area contributed by atoms with Crippen molar-refractivity contribution in [2.75, 3.05) is 18.8 Å². The van der Waals surface area contributed by atoms with Crippen LogP contribution < -0.4 is 0 Å². The zero-order valence-corrected chi connectivity index (χ0v) is 15.4. The average molecular weight is 407 g/mol. The first-order valence-corrected chi connectivity index (χ1v) is 11.5. The maximum absolute atomic E-state index is 13.9. The van der Waals surface area contributed by atoms with Crippen LogP contribution in [0, 0.1) is 11.6 Å². The van der Waals surface area contributed by atoms with E-state index in [2.05, 4.69) is 0 Å². The van der Waals surface area contributed by atoms with Crippen molar-refractivity contribution < 1.29 is 25.6 Å². The van der Waals surface area contributed by atoms with Crippen molar-refractivity contribution in [3.05, 3.63) is 52.2 Å². The molecule has 3 rings (SSSR count). The van der Waals surface area contributed by atoms with E-state index in [1.807, 2.05) is 0 Å². The smallest absolute Gasteiger partial charge is 0.228 e. The van der Waals surface area contributed by atoms with Gasteiger partial charge < -0.3 is 0 Å². The molecule has 0 N–H and O–H groups in total. The molecule has 1 aromatic heterocycles. The Hall–Kier alpha value is -1.36. The summed E-state index contributed by atoms with van der Waals surface area (Å²) < 4.78 is 78.9. The Bertz CT molecular complexity index is 952. The van der Waals surface area contributed by atoms with Gasteiger partial charge in [0.2, 0.25) is 10.0 Å². The quantitative estimate of drug-likeness (QED) is 0.784. The number of halogens is 2. The topological polar surface area (TPSA) is 71.5 Å². The summed E-state index contributed by atoms with van der Waals surface area (Å²) in [5, 5.41) is 0.942. The molecule has 0 radical (unpaired) electrons. The number of rotatable bonds is 3. The van der Waals surface area contributed by atoms with Crippen molar-refractivity contribution in [2.24, 2.45) is 0 Å². The van der Waals surface area contributed by atoms with E-state index < -0.39 is 47.4 Å². The van der Waals surface area contributed by atoms with Gasteiger partial charge in [-0.05, 0) is 30.0 Å². The largest absolute Gasteiger partial charge is 0.248 e. The molecular weight excluding hydrogens is 392 g/mol. The van der Waals surface area contributed by atoms with Gasteiger partial charge in [-0.3, -0.25) is 0 Å². The second-order valence-electron chi connectivity index (χ2n) is 5.61. The van der Waals surface area contributed by atoms with Crippen LogP contribution in [-0.2, 0) is 19.9 Å². The molecule has 1 fully saturated rings. The SMILES string of the molecule is O=S1(=O)CCN(S(=O)(=O)c2c(F)cccc2F)CCC1c1cccs1. The third-order valence-electron chi connectivity index (χ3n) is 4.08. The third kappa shape index (κ3) is 3.48. The summed E-state index contributed by atoms with van der Waals surface area (Å²) >= 11 is 1.28. The number of benzene rings is 1. The van der Waals surface area contributed by atoms with Gasteiger partial charge in [0.1, 0.15) is 11.6 Å². The van der Waals surface area contributed by atoms with Gasteiger partial charge in [-0.1, -0.05) is 12.1 Å². The highest BCUT2D eigenvalue weighted by atomic mass is 32.2. The van der Waals surface area contributed by atoms with Gasteiger partial charge >= 0.3 is 0 Å². The summed E-state index contributed by atoms with van der Waals surface area (Å²) in [7, 11) is -8.03. The minimum absolute atomic E-state index is 0.0398. The van der Waals surface area contributed by atoms with Crippen molar-refractivity contribution in [3.8, 4) is 0 Å². The molecule has 0 aliphatic carbocycles. The van der Waals surface area contributed by atoms with Crippen LogP contribution in [0.2, 0.25) is 0 Å². The normalized spacial score (nSPS) is 21.8. The molecule has 1 saturated heterocycles. The van der Waals surface area contributed by atoms with E-state index in [-0.39, 0.29) is 19.5 Å². The standard InChI is InChI=1S/C15H15F2NO4S3/c16-11-3-1-4-12(17)15(11)25(21,22)18-7-6-14(13-5-2-9-23-13)24(19,20)10-8-18/h1-5,9,14H,6-8,10H2. The van der Waals surface area contributed by atoms with Gasteiger partial charge in [0.05, 0.1) is 11.0 Å². The number of thiophene rings is 1. The summed E-state index contributed by atoms with van der Waals surface area (Å²) in [6.45, 7) is -0.460. The molecule has 0 saturated carbocycles. The lowest BCUT2D eigenvalue weighted by molar-refractivity contribution is 0.417. The van der Waals surface area contributed by atoms with Crippen LogP contribution in [0.3, 0.4) is 0 Å². The van der Waals surface area contributed by atoms with Crippen molar-refractivity contribution in [2.45, 2.75) is 16.6 Å². The molecule has 2 heterocycles. The Labute approximate surface area is 148 Å². The first-order valence-electron chi connectivity index (χ1n) is 7.42. The zero-order valence-electron chi connectivity index (χ0n) is 12.9. The molecule has 1 unspecified atom stereocenters. The van der Waals surface area contributed by atoms with Gasteiger partial charge in [0.25, 0.3) is 0 Å². The number of hydrogen-bond acceptors (Lipinski definition) is 5. The van der Waals surface area contributed by atoms with Gasteiger partial charge in [-0.2, -0.15) is 4.31 Å². The van der Waals surface area contributed by atoms with Crippen molar-refractivity contribution in [3.63, 3.8) is 0 Å². The van der Waals surface area contributed by atoms with Crippen molar-refractivity contribution in [1.82, 2.24) is 4.31 Å². The maximum Gasteiger partial charge on any atom is 0.248 e. The van der Waals surface area contributed by atoms with E-state index in [0.29, 0.717) is 4.88 Å². The minimum atomic E-state index is -4.47. The van der Waals surface area contributed by atoms with Crippen LogP contribution in [0.4, 0.5) is 8.78 Å². The van der Waals surface area contributed by atoms with Crippen LogP contribution in [0.1, 0.15) is 16.5 Å². The highest BCUT2D eigenvalue weighted by Gasteiger charge is 2.38. The van der Waals surface area contributed by atoms with E-state index in [4.69, 9.17) is 0 Å². The number of nitrogens with zero attached hydrogens (tertiary/aromatic N) is 1. The lowest BCUT2D eigenvalue weighted by atomic mass is 10.2. The first-order chi connectivity index (χ1) is 11.7. The predicted molar refractivity (Wildman–Crippen MR) is 90.6 cm³/mol. The van der Waals surface area contributed by atoms with Crippen LogP contribution in [0.25, 0.3) is 0 Å². The fourth-order valence-corrected chi connectivity index (χ4v) is 7.50. The Morgan fingerprint density at radius 3 is 2.36 bits per heavy atom. The maximum atomic E-state index is 13.9. The monoisotopic (exact) mass is 407 g/mol. The van der Waals surface area contributed by atoms with Crippen molar-refractivity contribution in [1.29, 1.82) is 0 Å². The molecular formula is C15H15F2NO4S3. The number of sulfonamides is 1. The molecule has 136 valence electrons. The zero-order chi connectivity index (χ0) is 18.2. The van der Waals surface area contributed by atoms with Gasteiger partial charge in [-0.15, -0.1) is 11.3 Å². The van der Waals surface area contributed by atoms with Crippen LogP contribution in [-0.4, -0.2) is 40.0 Å². The molecule has 1 atom stereocenters. The van der Waals surface area contributed by atoms with Gasteiger partial charge in [-0.25, -0.2) is 25.6 Å². The second-order valence-corrected chi connectivity index (χ2v) is 10.8. The molecule has 5 nitrogen and oxygen atoms in total. The summed E-state index contributed by atoms with van der Waals surface area (Å²) in [4.78, 5) is -0.404. The van der Waals surface area contributed by atoms with Crippen molar-refractivity contribution >= 4 is 31.2 Å². The molecule has 0 bridgehead atoms. The predicted octanol–water partition coefficient (Wildman–Crippen LogP) is 2.58. The van der Waals surface area contributed by atoms with Gasteiger partial charge in [0.15, 0.2) is 14.7 Å². The fraction of sp³-hybridized carbons (Fsp3) is 0.333. The van der Waals surface area contributed by atoms with Crippen LogP contribution in [0.5, 0.6) is 0 Å². The molecule has 1 aliphatic heterocycles. The molecule has 1 aromatic carbocycles. The highest BCUT2D eigenvalue weighted by Crippen LogP contribution is 2.34. The van der Waals surface area contributed by atoms with Crippen LogP contribution >= 0.6 is 11.3 Å². The van der Waals surface area contributed by atoms with E-state index >= 15 is 0 Å². The molecule has 0 spiro atoms. The molecule has 0 amide bonds. The number of sulfone groups is 1. The summed E-state index contributed by atoms with van der Waals surface area (Å²) in [5.41, 5.74) is 0. The minimum Gasteiger partial charge on any atom is -0.228 e. The molecule has 1 aliphatic rings. The average Bonchev–Trinajstić information content (AvgIpc) is 2.98. The first kappa shape index (κ1) is 18.4. The molecule has 2 aromatic rings. The molecule has 10 heteroatoms. The second kappa shape index (κ2) is 6.75. The lowest BCUT2D eigenvalue weighted by Crippen LogP contribution is -2.34. The molecule has 25 heavy (non-hydrogen) atoms. The number of hydrogen-bond donors (Lipinski definition) is 0. The third-order valence-corrected chi connectivity index (χ3v) is 9.27. The van der Waals surface area contributed by atoms with E-state index in [0.717, 1.165) is 22.5 Å². The summed E-state index contributed by atoms with van der Waals surface area (Å²) in [6, 6.07) is 6.21. The Balaban J connectivity index is 1.95. The van der Waals surface area contributed by atoms with E-state index in [9.17, 15) is 25.6 Å². The summed E-state index contributed by atoms with van der Waals surface area (Å²) in [5.74, 6) is -2.78. The fourth-order valence-electron chi connectivity index (χ4n) is 2.82. The Morgan fingerprint density at radius 2 is 1.76 bits per heavy atom. The summed E-state index contributed by atoms with van der Waals surface area (Å²) in [6.07, 6.45) is 0.0398. The van der Waals surface area contributed by atoms with Crippen LogP contribution in [0.15, 0.2) is 40.6 Å². The van der Waals surface area contributed by atoms with E-state index in [1.165, 1.54) is 11.3 Å². The highest BCUT2D eigenvalue weighted by molar-refractivity contribution is 7.92. The lowest BCUT2D eigenvalue weighted by Gasteiger charge is -2.20. The Kier molecular flexibility index (Phi) is 4.97.